The number of pyridine rings is 1. The van der Waals surface area contributed by atoms with Crippen molar-refractivity contribution in [2.75, 3.05) is 25.0 Å². The summed E-state index contributed by atoms with van der Waals surface area (Å²) in [6, 6.07) is 19.9. The van der Waals surface area contributed by atoms with Crippen LogP contribution < -0.4 is 4.90 Å². The molecule has 176 valence electrons. The summed E-state index contributed by atoms with van der Waals surface area (Å²) in [6.45, 7) is 1.59. The quantitative estimate of drug-likeness (QED) is 0.287. The summed E-state index contributed by atoms with van der Waals surface area (Å²) in [7, 11) is 2.08. The predicted octanol–water partition coefficient (Wildman–Crippen LogP) is 7.46. The first-order valence-corrected chi connectivity index (χ1v) is 12.2. The van der Waals surface area contributed by atoms with Gasteiger partial charge in [-0.15, -0.1) is 36.6 Å². The molecule has 3 aromatic rings. The molecule has 0 spiro atoms. The van der Waals surface area contributed by atoms with E-state index in [2.05, 4.69) is 46.1 Å². The fraction of sp³-hybridized carbons (Fsp3) is 0.160. The number of nitrogens with zero attached hydrogens (tertiary/aromatic N) is 4. The number of hydrogen-bond acceptors (Lipinski definition) is 5. The highest BCUT2D eigenvalue weighted by Gasteiger charge is 2.15. The molecule has 2 aromatic carbocycles. The molecule has 0 bridgehead atoms. The zero-order chi connectivity index (χ0) is 22.5. The Labute approximate surface area is 230 Å². The highest BCUT2D eigenvalue weighted by molar-refractivity contribution is 9.10. The normalized spacial score (nSPS) is 12.6. The van der Waals surface area contributed by atoms with Gasteiger partial charge in [-0.2, -0.15) is 5.26 Å². The molecule has 1 aliphatic rings. The Kier molecular flexibility index (Phi) is 10.9. The number of fused-ring (bicyclic) bond motifs is 1. The number of likely N-dealkylation sites (N-methyl/N-ethyl adjacent to an activating group) is 1. The van der Waals surface area contributed by atoms with Gasteiger partial charge in [0.2, 0.25) is 0 Å². The molecule has 34 heavy (non-hydrogen) atoms. The van der Waals surface area contributed by atoms with Crippen molar-refractivity contribution >= 4 is 81.6 Å². The van der Waals surface area contributed by atoms with Gasteiger partial charge in [0.15, 0.2) is 0 Å². The van der Waals surface area contributed by atoms with Gasteiger partial charge >= 0.3 is 0 Å². The van der Waals surface area contributed by atoms with E-state index in [1.54, 1.807) is 11.8 Å². The van der Waals surface area contributed by atoms with Gasteiger partial charge < -0.3 is 4.90 Å². The fourth-order valence-electron chi connectivity index (χ4n) is 3.35. The van der Waals surface area contributed by atoms with Crippen molar-refractivity contribution in [3.63, 3.8) is 0 Å². The van der Waals surface area contributed by atoms with Crippen LogP contribution in [0.4, 0.5) is 5.69 Å². The van der Waals surface area contributed by atoms with Crippen molar-refractivity contribution in [2.45, 2.75) is 10.8 Å². The van der Waals surface area contributed by atoms with Gasteiger partial charge in [0, 0.05) is 40.1 Å². The third-order valence-electron chi connectivity index (χ3n) is 5.07. The highest BCUT2D eigenvalue weighted by atomic mass is 79.9. The maximum absolute atomic E-state index is 9.50. The second kappa shape index (κ2) is 13.2. The van der Waals surface area contributed by atoms with Crippen LogP contribution in [0.1, 0.15) is 22.4 Å². The Morgan fingerprint density at radius 1 is 1.12 bits per heavy atom. The second-order valence-electron chi connectivity index (χ2n) is 7.30. The number of anilines is 1. The van der Waals surface area contributed by atoms with Gasteiger partial charge in [-0.05, 0) is 60.2 Å². The summed E-state index contributed by atoms with van der Waals surface area (Å²) < 4.78 is 1.05. The zero-order valence-corrected chi connectivity index (χ0v) is 23.0. The first kappa shape index (κ1) is 28.2. The van der Waals surface area contributed by atoms with E-state index in [0.717, 1.165) is 50.8 Å². The zero-order valence-electron chi connectivity index (χ0n) is 18.2. The lowest BCUT2D eigenvalue weighted by atomic mass is 10.1. The lowest BCUT2D eigenvalue weighted by molar-refractivity contribution is 0.896. The Bertz CT molecular complexity index is 1240. The van der Waals surface area contributed by atoms with Crippen molar-refractivity contribution < 1.29 is 0 Å². The molecule has 0 fully saturated rings. The monoisotopic (exact) mass is 594 g/mol. The number of hydrogen-bond donors (Lipinski definition) is 0. The van der Waals surface area contributed by atoms with E-state index < -0.39 is 0 Å². The SMILES string of the molecule is CN1CCN=C(/C=C/c2ccc(C#N)c(SCc3ccc(Cl)cc3)n2)c2ccc(Br)cc21.Cl.Cl. The molecule has 4 nitrogen and oxygen atoms in total. The summed E-state index contributed by atoms with van der Waals surface area (Å²) in [6.07, 6.45) is 3.97. The van der Waals surface area contributed by atoms with Crippen molar-refractivity contribution in [2.24, 2.45) is 4.99 Å². The second-order valence-corrected chi connectivity index (χ2v) is 9.62. The summed E-state index contributed by atoms with van der Waals surface area (Å²) in [5, 5.41) is 10.9. The standard InChI is InChI=1S/C25H20BrClN4S.2ClH/c1-31-13-12-29-23(22-10-5-19(26)14-24(22)31)11-9-21-8-4-18(15-28)25(30-21)32-16-17-2-6-20(27)7-3-17;;/h2-11,14H,12-13,16H2,1H3;2*1H/b11-9+;;. The van der Waals surface area contributed by atoms with Crippen LogP contribution in [0.2, 0.25) is 5.02 Å². The summed E-state index contributed by atoms with van der Waals surface area (Å²) >= 11 is 11.1. The Morgan fingerprint density at radius 3 is 2.62 bits per heavy atom. The molecule has 0 saturated carbocycles. The number of halogens is 4. The minimum Gasteiger partial charge on any atom is -0.372 e. The maximum Gasteiger partial charge on any atom is 0.115 e. The molecule has 0 atom stereocenters. The van der Waals surface area contributed by atoms with E-state index in [1.807, 2.05) is 54.6 Å². The number of nitriles is 1. The third kappa shape index (κ3) is 7.00. The van der Waals surface area contributed by atoms with Crippen LogP contribution in [0.5, 0.6) is 0 Å². The smallest absolute Gasteiger partial charge is 0.115 e. The average Bonchev–Trinajstić information content (AvgIpc) is 2.95. The maximum atomic E-state index is 9.50. The number of rotatable bonds is 5. The van der Waals surface area contributed by atoms with Crippen molar-refractivity contribution in [1.29, 1.82) is 5.26 Å². The van der Waals surface area contributed by atoms with E-state index in [-0.39, 0.29) is 24.8 Å². The summed E-state index contributed by atoms with van der Waals surface area (Å²) in [5.41, 5.74) is 5.66. The van der Waals surface area contributed by atoms with Gasteiger partial charge in [-0.1, -0.05) is 39.7 Å². The van der Waals surface area contributed by atoms with Gasteiger partial charge in [0.05, 0.1) is 23.5 Å². The Morgan fingerprint density at radius 2 is 1.88 bits per heavy atom. The molecule has 0 amide bonds. The lowest BCUT2D eigenvalue weighted by Crippen LogP contribution is -2.20. The van der Waals surface area contributed by atoms with E-state index in [9.17, 15) is 5.26 Å². The number of benzene rings is 2. The van der Waals surface area contributed by atoms with E-state index in [0.29, 0.717) is 16.3 Å². The number of aliphatic imine (C=N–C) groups is 1. The number of aromatic nitrogens is 1. The summed E-state index contributed by atoms with van der Waals surface area (Å²) in [5.74, 6) is 0.716. The van der Waals surface area contributed by atoms with Gasteiger partial charge in [-0.25, -0.2) is 4.98 Å². The van der Waals surface area contributed by atoms with Crippen LogP contribution in [0.25, 0.3) is 6.08 Å². The molecule has 0 unspecified atom stereocenters. The number of benzodiazepines with no additional fused rings is 1. The molecular formula is C25H22BrCl3N4S. The predicted molar refractivity (Wildman–Crippen MR) is 152 cm³/mol. The number of thioether (sulfide) groups is 1. The molecular weight excluding hydrogens is 575 g/mol. The van der Waals surface area contributed by atoms with Gasteiger partial charge in [-0.3, -0.25) is 4.99 Å². The van der Waals surface area contributed by atoms with Crippen LogP contribution in [0.3, 0.4) is 0 Å². The Hall–Kier alpha value is -2.01. The third-order valence-corrected chi connectivity index (χ3v) is 6.88. The van der Waals surface area contributed by atoms with Crippen molar-refractivity contribution in [3.8, 4) is 6.07 Å². The van der Waals surface area contributed by atoms with Gasteiger partial charge in [0.1, 0.15) is 11.1 Å². The van der Waals surface area contributed by atoms with Crippen molar-refractivity contribution in [1.82, 2.24) is 4.98 Å². The largest absolute Gasteiger partial charge is 0.372 e. The van der Waals surface area contributed by atoms with Crippen LogP contribution in [-0.2, 0) is 5.75 Å². The molecule has 0 N–H and O–H groups in total. The van der Waals surface area contributed by atoms with E-state index in [1.165, 1.54) is 0 Å². The van der Waals surface area contributed by atoms with E-state index in [4.69, 9.17) is 21.6 Å². The van der Waals surface area contributed by atoms with E-state index >= 15 is 0 Å². The molecule has 0 aliphatic carbocycles. The molecule has 9 heteroatoms. The molecule has 2 heterocycles. The van der Waals surface area contributed by atoms with Crippen molar-refractivity contribution in [3.05, 3.63) is 92.6 Å². The fourth-order valence-corrected chi connectivity index (χ4v) is 4.76. The van der Waals surface area contributed by atoms with Crippen LogP contribution >= 0.6 is 64.1 Å². The minimum absolute atomic E-state index is 0. The topological polar surface area (TPSA) is 52.3 Å². The number of allylic oxidation sites excluding steroid dienone is 1. The molecule has 1 aliphatic heterocycles. The van der Waals surface area contributed by atoms with Gasteiger partial charge in [0.25, 0.3) is 0 Å². The molecule has 4 rings (SSSR count). The summed E-state index contributed by atoms with van der Waals surface area (Å²) in [4.78, 5) is 11.7. The molecule has 0 radical (unpaired) electrons. The van der Waals surface area contributed by atoms with Crippen LogP contribution in [-0.4, -0.2) is 30.8 Å². The minimum atomic E-state index is 0. The van der Waals surface area contributed by atoms with Crippen LogP contribution in [0, 0.1) is 11.3 Å². The highest BCUT2D eigenvalue weighted by Crippen LogP contribution is 2.28. The van der Waals surface area contributed by atoms with Crippen LogP contribution in [0.15, 0.2) is 75.2 Å². The molecule has 1 aromatic heterocycles. The Balaban J connectivity index is 0.00000204. The first-order valence-electron chi connectivity index (χ1n) is 10.1. The first-order chi connectivity index (χ1) is 15.5. The molecule has 0 saturated heterocycles. The lowest BCUT2D eigenvalue weighted by Gasteiger charge is -2.19. The average molecular weight is 597 g/mol.